The number of benzene rings is 2. The third-order valence-corrected chi connectivity index (χ3v) is 4.09. The summed E-state index contributed by atoms with van der Waals surface area (Å²) in [5.74, 6) is -0.714. The number of aryl methyl sites for hydroxylation is 1. The Hall–Kier alpha value is -2.74. The van der Waals surface area contributed by atoms with Crippen molar-refractivity contribution in [1.82, 2.24) is 20.2 Å². The fourth-order valence-corrected chi connectivity index (χ4v) is 2.73. The Bertz CT molecular complexity index is 853. The van der Waals surface area contributed by atoms with E-state index in [0.717, 1.165) is 11.3 Å². The van der Waals surface area contributed by atoms with E-state index >= 15 is 0 Å². The molecule has 0 radical (unpaired) electrons. The molecule has 8 heteroatoms. The van der Waals surface area contributed by atoms with Gasteiger partial charge in [-0.3, -0.25) is 4.79 Å². The van der Waals surface area contributed by atoms with Crippen LogP contribution in [0.2, 0.25) is 0 Å². The van der Waals surface area contributed by atoms with Crippen molar-refractivity contribution in [3.63, 3.8) is 0 Å². The normalized spacial score (nSPS) is 10.6. The first kappa shape index (κ1) is 16.1. The number of halogens is 1. The van der Waals surface area contributed by atoms with Crippen LogP contribution in [0.5, 0.6) is 0 Å². The summed E-state index contributed by atoms with van der Waals surface area (Å²) in [5, 5.41) is 14.5. The second-order valence-electron chi connectivity index (χ2n) is 5.03. The molecule has 0 aliphatic rings. The number of hydrogen-bond acceptors (Lipinski definition) is 5. The summed E-state index contributed by atoms with van der Waals surface area (Å²) in [5.41, 5.74) is 1.76. The van der Waals surface area contributed by atoms with E-state index in [9.17, 15) is 9.18 Å². The molecule has 1 amide bonds. The topological polar surface area (TPSA) is 72.7 Å². The van der Waals surface area contributed by atoms with Gasteiger partial charge in [-0.25, -0.2) is 4.39 Å². The average molecular weight is 343 g/mol. The highest BCUT2D eigenvalue weighted by molar-refractivity contribution is 7.99. The fourth-order valence-electron chi connectivity index (χ4n) is 2.04. The Kier molecular flexibility index (Phi) is 4.85. The molecule has 0 saturated carbocycles. The van der Waals surface area contributed by atoms with Gasteiger partial charge in [-0.2, -0.15) is 4.68 Å². The van der Waals surface area contributed by atoms with Gasteiger partial charge in [0.2, 0.25) is 11.1 Å². The van der Waals surface area contributed by atoms with E-state index < -0.39 is 5.82 Å². The van der Waals surface area contributed by atoms with Crippen LogP contribution in [-0.2, 0) is 4.79 Å². The lowest BCUT2D eigenvalue weighted by Crippen LogP contribution is -2.15. The van der Waals surface area contributed by atoms with Crippen LogP contribution in [-0.4, -0.2) is 31.9 Å². The van der Waals surface area contributed by atoms with Gasteiger partial charge < -0.3 is 5.32 Å². The highest BCUT2D eigenvalue weighted by Crippen LogP contribution is 2.19. The molecular weight excluding hydrogens is 329 g/mol. The zero-order valence-electron chi connectivity index (χ0n) is 12.8. The minimum Gasteiger partial charge on any atom is -0.323 e. The maximum Gasteiger partial charge on any atom is 0.234 e. The van der Waals surface area contributed by atoms with Crippen molar-refractivity contribution in [3.8, 4) is 5.69 Å². The predicted molar refractivity (Wildman–Crippen MR) is 89.6 cm³/mol. The highest BCUT2D eigenvalue weighted by atomic mass is 32.2. The average Bonchev–Trinajstić information content (AvgIpc) is 3.05. The van der Waals surface area contributed by atoms with Crippen LogP contribution in [0.4, 0.5) is 10.1 Å². The number of thioether (sulfide) groups is 1. The number of amides is 1. The molecule has 1 N–H and O–H groups in total. The molecule has 0 spiro atoms. The second-order valence-corrected chi connectivity index (χ2v) is 5.97. The van der Waals surface area contributed by atoms with E-state index in [1.165, 1.54) is 17.8 Å². The fraction of sp³-hybridized carbons (Fsp3) is 0.125. The minimum atomic E-state index is -0.456. The maximum atomic E-state index is 13.8. The molecular formula is C16H14FN5OS. The number of carbonyl (C=O) groups is 1. The van der Waals surface area contributed by atoms with Crippen molar-refractivity contribution >= 4 is 23.4 Å². The molecule has 1 heterocycles. The molecule has 0 bridgehead atoms. The second kappa shape index (κ2) is 7.22. The van der Waals surface area contributed by atoms with E-state index in [0.29, 0.717) is 5.16 Å². The molecule has 0 fully saturated rings. The molecule has 0 atom stereocenters. The zero-order chi connectivity index (χ0) is 16.9. The molecule has 3 rings (SSSR count). The van der Waals surface area contributed by atoms with Crippen LogP contribution in [0.3, 0.4) is 0 Å². The van der Waals surface area contributed by atoms with Gasteiger partial charge in [-0.15, -0.1) is 5.10 Å². The van der Waals surface area contributed by atoms with Crippen LogP contribution in [0.1, 0.15) is 5.56 Å². The van der Waals surface area contributed by atoms with Crippen molar-refractivity contribution in [2.75, 3.05) is 11.1 Å². The molecule has 0 aliphatic heterocycles. The van der Waals surface area contributed by atoms with Gasteiger partial charge in [0.1, 0.15) is 5.82 Å². The van der Waals surface area contributed by atoms with Gasteiger partial charge in [0.05, 0.1) is 17.1 Å². The summed E-state index contributed by atoms with van der Waals surface area (Å²) in [6.07, 6.45) is 0. The third-order valence-electron chi connectivity index (χ3n) is 3.17. The standard InChI is InChI=1S/C16H14FN5OS/c1-11-7-8-14(13(17)9-11)18-15(23)10-24-16-19-20-21-22(16)12-5-3-2-4-6-12/h2-9H,10H2,1H3,(H,18,23). The lowest BCUT2D eigenvalue weighted by molar-refractivity contribution is -0.113. The summed E-state index contributed by atoms with van der Waals surface area (Å²) in [6.45, 7) is 1.79. The van der Waals surface area contributed by atoms with Gasteiger partial charge in [0.25, 0.3) is 0 Å². The summed E-state index contributed by atoms with van der Waals surface area (Å²) in [7, 11) is 0. The number of tetrazole rings is 1. The molecule has 122 valence electrons. The van der Waals surface area contributed by atoms with E-state index in [4.69, 9.17) is 0 Å². The number of anilines is 1. The smallest absolute Gasteiger partial charge is 0.234 e. The summed E-state index contributed by atoms with van der Waals surface area (Å²) < 4.78 is 15.3. The first-order valence-electron chi connectivity index (χ1n) is 7.16. The number of hydrogen-bond donors (Lipinski definition) is 1. The largest absolute Gasteiger partial charge is 0.323 e. The number of rotatable bonds is 5. The maximum absolute atomic E-state index is 13.8. The van der Waals surface area contributed by atoms with Crippen LogP contribution < -0.4 is 5.32 Å². The Morgan fingerprint density at radius 3 is 2.79 bits per heavy atom. The van der Waals surface area contributed by atoms with Crippen molar-refractivity contribution in [1.29, 1.82) is 0 Å². The number of para-hydroxylation sites is 1. The van der Waals surface area contributed by atoms with Crippen molar-refractivity contribution in [2.45, 2.75) is 12.1 Å². The molecule has 0 saturated heterocycles. The van der Waals surface area contributed by atoms with E-state index in [-0.39, 0.29) is 17.3 Å². The van der Waals surface area contributed by atoms with Gasteiger partial charge >= 0.3 is 0 Å². The van der Waals surface area contributed by atoms with Crippen molar-refractivity contribution in [3.05, 3.63) is 59.9 Å². The van der Waals surface area contributed by atoms with Crippen LogP contribution in [0, 0.1) is 12.7 Å². The summed E-state index contributed by atoms with van der Waals surface area (Å²) in [4.78, 5) is 12.0. The van der Waals surface area contributed by atoms with Gasteiger partial charge in [-0.05, 0) is 47.2 Å². The Morgan fingerprint density at radius 1 is 1.25 bits per heavy atom. The number of nitrogens with zero attached hydrogens (tertiary/aromatic N) is 4. The lowest BCUT2D eigenvalue weighted by atomic mass is 10.2. The molecule has 0 aliphatic carbocycles. The summed E-state index contributed by atoms with van der Waals surface area (Å²) in [6, 6.07) is 14.0. The van der Waals surface area contributed by atoms with Gasteiger partial charge in [-0.1, -0.05) is 36.0 Å². The van der Waals surface area contributed by atoms with Gasteiger partial charge in [0.15, 0.2) is 0 Å². The lowest BCUT2D eigenvalue weighted by Gasteiger charge is -2.07. The van der Waals surface area contributed by atoms with Crippen molar-refractivity contribution < 1.29 is 9.18 Å². The molecule has 2 aromatic carbocycles. The van der Waals surface area contributed by atoms with Crippen LogP contribution in [0.25, 0.3) is 5.69 Å². The zero-order valence-corrected chi connectivity index (χ0v) is 13.6. The number of nitrogens with one attached hydrogen (secondary N) is 1. The Labute approximate surface area is 142 Å². The van der Waals surface area contributed by atoms with Gasteiger partial charge in [0, 0.05) is 0 Å². The Balaban J connectivity index is 1.64. The number of carbonyl (C=O) groups excluding carboxylic acids is 1. The highest BCUT2D eigenvalue weighted by Gasteiger charge is 2.12. The van der Waals surface area contributed by atoms with E-state index in [1.807, 2.05) is 30.3 Å². The van der Waals surface area contributed by atoms with Crippen LogP contribution >= 0.6 is 11.8 Å². The first-order valence-corrected chi connectivity index (χ1v) is 8.14. The van der Waals surface area contributed by atoms with Crippen LogP contribution in [0.15, 0.2) is 53.7 Å². The first-order chi connectivity index (χ1) is 11.6. The molecule has 3 aromatic rings. The minimum absolute atomic E-state index is 0.0700. The molecule has 6 nitrogen and oxygen atoms in total. The molecule has 0 unspecified atom stereocenters. The van der Waals surface area contributed by atoms with E-state index in [1.54, 1.807) is 23.7 Å². The monoisotopic (exact) mass is 343 g/mol. The predicted octanol–water partition coefficient (Wildman–Crippen LogP) is 2.84. The third kappa shape index (κ3) is 3.77. The number of aromatic nitrogens is 4. The molecule has 24 heavy (non-hydrogen) atoms. The Morgan fingerprint density at radius 2 is 2.04 bits per heavy atom. The quantitative estimate of drug-likeness (QED) is 0.721. The SMILES string of the molecule is Cc1ccc(NC(=O)CSc2nnnn2-c2ccccc2)c(F)c1. The van der Waals surface area contributed by atoms with Crippen molar-refractivity contribution in [2.24, 2.45) is 0 Å². The summed E-state index contributed by atoms with van der Waals surface area (Å²) >= 11 is 1.18. The van der Waals surface area contributed by atoms with E-state index in [2.05, 4.69) is 20.8 Å². The molecule has 1 aromatic heterocycles.